The van der Waals surface area contributed by atoms with Gasteiger partial charge in [0.15, 0.2) is 0 Å². The molecule has 2 aromatic heterocycles. The molecule has 0 saturated carbocycles. The number of esters is 2. The zero-order valence-corrected chi connectivity index (χ0v) is 43.7. The van der Waals surface area contributed by atoms with Gasteiger partial charge in [0, 0.05) is 0 Å². The van der Waals surface area contributed by atoms with Crippen molar-refractivity contribution in [3.8, 4) is 9.75 Å². The molecule has 0 N–H and O–H groups in total. The Labute approximate surface area is 357 Å². The molecule has 1 aliphatic carbocycles. The van der Waals surface area contributed by atoms with Crippen LogP contribution in [0, 0.1) is 0 Å². The Morgan fingerprint density at radius 1 is 0.500 bits per heavy atom. The van der Waals surface area contributed by atoms with Gasteiger partial charge in [-0.1, -0.05) is 129 Å². The average Bonchev–Trinajstić information content (AvgIpc) is 3.86. The Balaban J connectivity index is 1.48. The number of benzene rings is 1. The summed E-state index contributed by atoms with van der Waals surface area (Å²) in [4.78, 5) is 49.9. The van der Waals surface area contributed by atoms with E-state index in [1.54, 1.807) is 18.2 Å². The second-order valence-corrected chi connectivity index (χ2v) is 51.0. The molecule has 0 fully saturated rings. The Kier molecular flexibility index (Phi) is 20.5. The van der Waals surface area contributed by atoms with Crippen molar-refractivity contribution >= 4 is 88.6 Å². The van der Waals surface area contributed by atoms with Gasteiger partial charge < -0.3 is 0 Å². The number of ether oxygens (including phenoxy) is 2. The van der Waals surface area contributed by atoms with E-state index < -0.39 is 48.7 Å². The number of aliphatic imine (C=N–C) groups is 1. The van der Waals surface area contributed by atoms with E-state index in [1.165, 1.54) is 129 Å². The van der Waals surface area contributed by atoms with Gasteiger partial charge in [0.25, 0.3) is 0 Å². The van der Waals surface area contributed by atoms with Crippen LogP contribution in [0.15, 0.2) is 35.3 Å². The van der Waals surface area contributed by atoms with Crippen molar-refractivity contribution in [2.75, 3.05) is 13.2 Å². The Bertz CT molecular complexity index is 1590. The quantitative estimate of drug-likeness (QED) is 0.0339. The minimum absolute atomic E-state index is 0.358. The second kappa shape index (κ2) is 24.2. The van der Waals surface area contributed by atoms with Crippen molar-refractivity contribution in [2.24, 2.45) is 4.99 Å². The normalized spacial score (nSPS) is 12.5. The van der Waals surface area contributed by atoms with Crippen LogP contribution in [0.5, 0.6) is 0 Å². The Hall–Kier alpha value is -1.17. The second-order valence-electron chi connectivity index (χ2n) is 18.1. The zero-order valence-electron chi connectivity index (χ0n) is 36.3. The van der Waals surface area contributed by atoms with Crippen molar-refractivity contribution < 1.29 is 19.1 Å². The number of carbonyl (C=O) groups is 2. The summed E-state index contributed by atoms with van der Waals surface area (Å²) in [5, 5.41) is 0. The number of nitrogens with zero attached hydrogens (tertiary/aromatic N) is 1. The molecule has 0 spiro atoms. The Morgan fingerprint density at radius 3 is 1.18 bits per heavy atom. The number of thiophene rings is 2. The molecule has 310 valence electrons. The number of unbranched alkanes of at least 4 members (excludes halogenated alkanes) is 18. The van der Waals surface area contributed by atoms with Crippen LogP contribution in [0.3, 0.4) is 0 Å². The Morgan fingerprint density at radius 2 is 0.839 bits per heavy atom. The first-order valence-corrected chi connectivity index (χ1v) is 43.8. The van der Waals surface area contributed by atoms with Gasteiger partial charge >= 0.3 is 231 Å². The number of fused-ring (bicyclic) bond motifs is 3. The van der Waals surface area contributed by atoms with E-state index in [4.69, 9.17) is 14.5 Å². The molecule has 0 saturated heterocycles. The van der Waals surface area contributed by atoms with Gasteiger partial charge in [0.2, 0.25) is 0 Å². The van der Waals surface area contributed by atoms with Crippen LogP contribution >= 0.6 is 22.7 Å². The summed E-state index contributed by atoms with van der Waals surface area (Å²) in [6, 6.07) is 10.0. The van der Waals surface area contributed by atoms with Crippen molar-refractivity contribution in [1.82, 2.24) is 0 Å². The van der Waals surface area contributed by atoms with Crippen LogP contribution in [0.1, 0.15) is 174 Å². The van der Waals surface area contributed by atoms with Crippen molar-refractivity contribution in [3.63, 3.8) is 0 Å². The fourth-order valence-corrected chi connectivity index (χ4v) is 20.1. The van der Waals surface area contributed by atoms with Gasteiger partial charge in [-0.05, 0) is 0 Å². The summed E-state index contributed by atoms with van der Waals surface area (Å²) in [5.74, 6) is -0.808. The molecule has 4 rings (SSSR count). The molecule has 0 unspecified atom stereocenters. The molecule has 3 aromatic rings. The summed E-state index contributed by atoms with van der Waals surface area (Å²) >= 11 is -0.785. The monoisotopic (exact) mass is 1020 g/mol. The van der Waals surface area contributed by atoms with E-state index in [2.05, 4.69) is 55.6 Å². The van der Waals surface area contributed by atoms with Gasteiger partial charge in [-0.2, -0.15) is 0 Å². The van der Waals surface area contributed by atoms with E-state index in [9.17, 15) is 9.59 Å². The molecule has 9 heteroatoms. The van der Waals surface area contributed by atoms with Crippen LogP contribution in [-0.2, 0) is 9.47 Å². The number of carbonyl (C=O) groups excluding carboxylic acids is 2. The van der Waals surface area contributed by atoms with Crippen molar-refractivity contribution in [3.05, 3.63) is 52.6 Å². The van der Waals surface area contributed by atoms with E-state index in [1.807, 2.05) is 22.7 Å². The SMILES string of the molecule is CCCCCCCCCCCCOC(=O)c1cc(N=C2c3c[c]([Sn]([CH3])([CH3])[CH3])sc3-c3s[c]([Sn]([CH3])([CH3])[CH3])cc32)cc(C(=O)OCCCCCCCCCCCC)c1. The summed E-state index contributed by atoms with van der Waals surface area (Å²) in [5.41, 5.74) is 4.68. The average molecular weight is 1020 g/mol. The molecule has 56 heavy (non-hydrogen) atoms. The van der Waals surface area contributed by atoms with Gasteiger partial charge in [-0.25, -0.2) is 0 Å². The third kappa shape index (κ3) is 15.1. The van der Waals surface area contributed by atoms with Gasteiger partial charge in [-0.15, -0.1) is 0 Å². The van der Waals surface area contributed by atoms with Crippen LogP contribution in [0.2, 0.25) is 29.6 Å². The predicted molar refractivity (Wildman–Crippen MR) is 250 cm³/mol. The van der Waals surface area contributed by atoms with E-state index in [0.717, 1.165) is 31.4 Å². The van der Waals surface area contributed by atoms with Gasteiger partial charge in [0.1, 0.15) is 0 Å². The van der Waals surface area contributed by atoms with Crippen molar-refractivity contribution in [1.29, 1.82) is 0 Å². The number of rotatable bonds is 27. The topological polar surface area (TPSA) is 65.0 Å². The molecule has 0 bridgehead atoms. The first-order chi connectivity index (χ1) is 26.8. The zero-order chi connectivity index (χ0) is 40.6. The first kappa shape index (κ1) is 47.5. The molecule has 2 heterocycles. The molecule has 0 aliphatic heterocycles. The molecule has 0 atom stereocenters. The van der Waals surface area contributed by atoms with E-state index >= 15 is 0 Å². The molecule has 0 radical (unpaired) electrons. The summed E-state index contributed by atoms with van der Waals surface area (Å²) < 4.78 is 14.7. The molecular weight excluding hydrogens is 944 g/mol. The van der Waals surface area contributed by atoms with Gasteiger partial charge in [0.05, 0.1) is 0 Å². The molecule has 1 aliphatic rings. The number of hydrogen-bond donors (Lipinski definition) is 0. The summed E-state index contributed by atoms with van der Waals surface area (Å²) in [6.45, 7) is 5.28. The van der Waals surface area contributed by atoms with Crippen molar-refractivity contribution in [2.45, 2.75) is 172 Å². The predicted octanol–water partition coefficient (Wildman–Crippen LogP) is 14.2. The fourth-order valence-electron chi connectivity index (χ4n) is 7.19. The van der Waals surface area contributed by atoms with Crippen LogP contribution < -0.4 is 5.79 Å². The maximum atomic E-state index is 13.5. The van der Waals surface area contributed by atoms with E-state index in [-0.39, 0.29) is 0 Å². The third-order valence-corrected chi connectivity index (χ3v) is 32.0. The molecule has 5 nitrogen and oxygen atoms in total. The first-order valence-electron chi connectivity index (χ1n) is 22.2. The summed E-state index contributed by atoms with van der Waals surface area (Å²) in [6.07, 6.45) is 24.5. The van der Waals surface area contributed by atoms with Crippen LogP contribution in [0.4, 0.5) is 5.69 Å². The number of hydrogen-bond acceptors (Lipinski definition) is 7. The summed E-state index contributed by atoms with van der Waals surface area (Å²) in [7, 11) is 0. The van der Waals surface area contributed by atoms with Gasteiger partial charge in [-0.3, -0.25) is 0 Å². The molecule has 0 amide bonds. The maximum absolute atomic E-state index is 13.5. The molecule has 1 aromatic carbocycles. The fraction of sp³-hybridized carbons (Fsp3) is 0.638. The third-order valence-electron chi connectivity index (χ3n) is 10.8. The van der Waals surface area contributed by atoms with Crippen LogP contribution in [-0.4, -0.2) is 67.6 Å². The molecular formula is C47H73NO4S2Sn2. The minimum atomic E-state index is -2.36. The standard InChI is InChI=1S/C41H55NO4S2.6CH3.2Sn/c1-3-5-7-9-11-13-15-17-19-21-25-45-40(43)32-29-33(41(44)46-26-22-20-18-16-14-12-10-8-6-4-2)31-34(30-32)42-37-35-23-27-47-38(35)39-36(37)24-28-48-39;;;;;;;;/h23-24,29-31H,3-22,25-26H2,1-2H3;6*1H3;;. The van der Waals surface area contributed by atoms with Crippen LogP contribution in [0.25, 0.3) is 9.75 Å². The van der Waals surface area contributed by atoms with E-state index in [0.29, 0.717) is 30.0 Å².